The Hall–Kier alpha value is -3.49. The molecular formula is C20H20FN3O5. The highest BCUT2D eigenvalue weighted by atomic mass is 19.1. The first-order valence-corrected chi connectivity index (χ1v) is 9.14. The van der Waals surface area contributed by atoms with Crippen molar-refractivity contribution in [1.82, 2.24) is 4.90 Å². The van der Waals surface area contributed by atoms with Gasteiger partial charge in [-0.2, -0.15) is 0 Å². The molecule has 0 spiro atoms. The summed E-state index contributed by atoms with van der Waals surface area (Å²) in [6, 6.07) is 12.0. The van der Waals surface area contributed by atoms with Crippen LogP contribution in [-0.2, 0) is 9.59 Å². The summed E-state index contributed by atoms with van der Waals surface area (Å²) in [6.07, 6.45) is 0.832. The van der Waals surface area contributed by atoms with Crippen LogP contribution in [0.4, 0.5) is 15.8 Å². The lowest BCUT2D eigenvalue weighted by Gasteiger charge is -2.31. The number of ether oxygens (including phenoxy) is 1. The summed E-state index contributed by atoms with van der Waals surface area (Å²) >= 11 is 0. The smallest absolute Gasteiger partial charge is 0.271 e. The number of nitro groups is 1. The minimum Gasteiger partial charge on any atom is -0.484 e. The molecular weight excluding hydrogens is 381 g/mol. The zero-order valence-electron chi connectivity index (χ0n) is 15.5. The molecule has 1 aliphatic rings. The van der Waals surface area contributed by atoms with E-state index in [-0.39, 0.29) is 23.9 Å². The SMILES string of the molecule is O=C(Nc1cc([N+](=O)[O-])ccc1F)C1CCN(C(=O)COc2ccccc2)CC1. The van der Waals surface area contributed by atoms with E-state index < -0.39 is 22.6 Å². The van der Waals surface area contributed by atoms with Crippen LogP contribution in [0.5, 0.6) is 5.75 Å². The van der Waals surface area contributed by atoms with Crippen molar-refractivity contribution in [2.75, 3.05) is 25.0 Å². The third-order valence-electron chi connectivity index (χ3n) is 4.74. The topological polar surface area (TPSA) is 102 Å². The summed E-state index contributed by atoms with van der Waals surface area (Å²) in [5, 5.41) is 13.2. The molecule has 2 aromatic rings. The van der Waals surface area contributed by atoms with Gasteiger partial charge in [-0.25, -0.2) is 4.39 Å². The number of nitro benzene ring substituents is 1. The van der Waals surface area contributed by atoms with Crippen molar-refractivity contribution in [3.05, 3.63) is 64.5 Å². The molecule has 0 aliphatic carbocycles. The summed E-state index contributed by atoms with van der Waals surface area (Å²) < 4.78 is 19.3. The maximum atomic E-state index is 13.8. The number of hydrogen-bond acceptors (Lipinski definition) is 5. The summed E-state index contributed by atoms with van der Waals surface area (Å²) in [7, 11) is 0. The number of amides is 2. The lowest BCUT2D eigenvalue weighted by atomic mass is 9.95. The highest BCUT2D eigenvalue weighted by molar-refractivity contribution is 5.93. The van der Waals surface area contributed by atoms with Gasteiger partial charge in [0.25, 0.3) is 11.6 Å². The third-order valence-corrected chi connectivity index (χ3v) is 4.74. The van der Waals surface area contributed by atoms with Gasteiger partial charge in [-0.1, -0.05) is 18.2 Å². The summed E-state index contributed by atoms with van der Waals surface area (Å²) in [6.45, 7) is 0.679. The molecule has 9 heteroatoms. The highest BCUT2D eigenvalue weighted by Crippen LogP contribution is 2.24. The molecule has 2 amide bonds. The number of rotatable bonds is 6. The standard InChI is InChI=1S/C20H20FN3O5/c21-17-7-6-15(24(27)28)12-18(17)22-20(26)14-8-10-23(11-9-14)19(25)13-29-16-4-2-1-3-5-16/h1-7,12,14H,8-11,13H2,(H,22,26). The monoisotopic (exact) mass is 401 g/mol. The first kappa shape index (κ1) is 20.2. The number of carbonyl (C=O) groups is 2. The minimum absolute atomic E-state index is 0.0836. The van der Waals surface area contributed by atoms with Crippen molar-refractivity contribution in [2.45, 2.75) is 12.8 Å². The van der Waals surface area contributed by atoms with Crippen LogP contribution in [0.3, 0.4) is 0 Å². The number of carbonyl (C=O) groups excluding carboxylic acids is 2. The zero-order chi connectivity index (χ0) is 20.8. The molecule has 0 unspecified atom stereocenters. The normalized spacial score (nSPS) is 14.3. The van der Waals surface area contributed by atoms with Gasteiger partial charge in [0.05, 0.1) is 10.6 Å². The van der Waals surface area contributed by atoms with Gasteiger partial charge in [-0.3, -0.25) is 19.7 Å². The second-order valence-corrected chi connectivity index (χ2v) is 6.67. The van der Waals surface area contributed by atoms with Gasteiger partial charge in [0.15, 0.2) is 6.61 Å². The first-order chi connectivity index (χ1) is 13.9. The Morgan fingerprint density at radius 3 is 2.52 bits per heavy atom. The number of piperidine rings is 1. The van der Waals surface area contributed by atoms with Gasteiger partial charge < -0.3 is 15.0 Å². The van der Waals surface area contributed by atoms with Crippen LogP contribution < -0.4 is 10.1 Å². The number of hydrogen-bond donors (Lipinski definition) is 1. The lowest BCUT2D eigenvalue weighted by molar-refractivity contribution is -0.384. The van der Waals surface area contributed by atoms with Crippen LogP contribution in [0.1, 0.15) is 12.8 Å². The Morgan fingerprint density at radius 2 is 1.86 bits per heavy atom. The van der Waals surface area contributed by atoms with E-state index >= 15 is 0 Å². The molecule has 1 aliphatic heterocycles. The van der Waals surface area contributed by atoms with Crippen LogP contribution in [0.15, 0.2) is 48.5 Å². The van der Waals surface area contributed by atoms with Gasteiger partial charge in [0, 0.05) is 31.1 Å². The average molecular weight is 401 g/mol. The average Bonchev–Trinajstić information content (AvgIpc) is 2.74. The molecule has 2 aromatic carbocycles. The van der Waals surface area contributed by atoms with Gasteiger partial charge in [-0.15, -0.1) is 0 Å². The number of halogens is 1. The molecule has 0 atom stereocenters. The quantitative estimate of drug-likeness (QED) is 0.592. The van der Waals surface area contributed by atoms with Crippen molar-refractivity contribution in [1.29, 1.82) is 0 Å². The number of nitrogens with zero attached hydrogens (tertiary/aromatic N) is 2. The van der Waals surface area contributed by atoms with Crippen molar-refractivity contribution < 1.29 is 23.6 Å². The first-order valence-electron chi connectivity index (χ1n) is 9.14. The molecule has 0 aromatic heterocycles. The predicted molar refractivity (Wildman–Crippen MR) is 103 cm³/mol. The zero-order valence-corrected chi connectivity index (χ0v) is 15.5. The van der Waals surface area contributed by atoms with Gasteiger partial charge in [0.1, 0.15) is 11.6 Å². The summed E-state index contributed by atoms with van der Waals surface area (Å²) in [5.74, 6) is -1.13. The maximum absolute atomic E-state index is 13.8. The number of benzene rings is 2. The molecule has 3 rings (SSSR count). The predicted octanol–water partition coefficient (Wildman–Crippen LogP) is 2.99. The fraction of sp³-hybridized carbons (Fsp3) is 0.300. The number of anilines is 1. The number of nitrogens with one attached hydrogen (secondary N) is 1. The fourth-order valence-corrected chi connectivity index (χ4v) is 3.10. The van der Waals surface area contributed by atoms with Crippen LogP contribution in [0.25, 0.3) is 0 Å². The lowest BCUT2D eigenvalue weighted by Crippen LogP contribution is -2.43. The van der Waals surface area contributed by atoms with E-state index in [1.165, 1.54) is 0 Å². The Morgan fingerprint density at radius 1 is 1.17 bits per heavy atom. The Balaban J connectivity index is 1.50. The maximum Gasteiger partial charge on any atom is 0.271 e. The second kappa shape index (κ2) is 9.13. The number of non-ortho nitro benzene ring substituents is 1. The minimum atomic E-state index is -0.741. The van der Waals surface area contributed by atoms with Crippen molar-refractivity contribution in [2.24, 2.45) is 5.92 Å². The molecule has 1 saturated heterocycles. The molecule has 29 heavy (non-hydrogen) atoms. The van der Waals surface area contributed by atoms with E-state index in [9.17, 15) is 24.1 Å². The van der Waals surface area contributed by atoms with E-state index in [0.29, 0.717) is 31.7 Å². The van der Waals surface area contributed by atoms with E-state index in [0.717, 1.165) is 18.2 Å². The molecule has 1 fully saturated rings. The highest BCUT2D eigenvalue weighted by Gasteiger charge is 2.28. The van der Waals surface area contributed by atoms with Gasteiger partial charge in [0.2, 0.25) is 5.91 Å². The molecule has 1 N–H and O–H groups in total. The second-order valence-electron chi connectivity index (χ2n) is 6.67. The molecule has 8 nitrogen and oxygen atoms in total. The van der Waals surface area contributed by atoms with E-state index in [1.54, 1.807) is 17.0 Å². The molecule has 152 valence electrons. The van der Waals surface area contributed by atoms with Crippen LogP contribution in [-0.4, -0.2) is 41.3 Å². The summed E-state index contributed by atoms with van der Waals surface area (Å²) in [5.41, 5.74) is -0.528. The molecule has 1 heterocycles. The molecule has 0 bridgehead atoms. The Kier molecular flexibility index (Phi) is 6.38. The number of para-hydroxylation sites is 1. The van der Waals surface area contributed by atoms with E-state index in [2.05, 4.69) is 5.32 Å². The van der Waals surface area contributed by atoms with Crippen LogP contribution >= 0.6 is 0 Å². The largest absolute Gasteiger partial charge is 0.484 e. The van der Waals surface area contributed by atoms with Crippen molar-refractivity contribution >= 4 is 23.2 Å². The van der Waals surface area contributed by atoms with E-state index in [4.69, 9.17) is 4.74 Å². The third kappa shape index (κ3) is 5.28. The molecule has 0 saturated carbocycles. The van der Waals surface area contributed by atoms with Crippen molar-refractivity contribution in [3.8, 4) is 5.75 Å². The Bertz CT molecular complexity index is 898. The van der Waals surface area contributed by atoms with Gasteiger partial charge in [-0.05, 0) is 31.0 Å². The summed E-state index contributed by atoms with van der Waals surface area (Å²) in [4.78, 5) is 36.5. The van der Waals surface area contributed by atoms with E-state index in [1.807, 2.05) is 18.2 Å². The Labute approximate surface area is 166 Å². The van der Waals surface area contributed by atoms with Gasteiger partial charge >= 0.3 is 0 Å². The molecule has 0 radical (unpaired) electrons. The van der Waals surface area contributed by atoms with Crippen LogP contribution in [0.2, 0.25) is 0 Å². The van der Waals surface area contributed by atoms with Crippen LogP contribution in [0, 0.1) is 21.8 Å². The number of likely N-dealkylation sites (tertiary alicyclic amines) is 1. The fourth-order valence-electron chi connectivity index (χ4n) is 3.10. The van der Waals surface area contributed by atoms with Crippen molar-refractivity contribution in [3.63, 3.8) is 0 Å².